The van der Waals surface area contributed by atoms with E-state index in [4.69, 9.17) is 29.0 Å². The Bertz CT molecular complexity index is 1690. The average Bonchev–Trinajstić information content (AvgIpc) is 3.52. The molecule has 1 aromatic rings. The van der Waals surface area contributed by atoms with Gasteiger partial charge in [0.1, 0.15) is 30.7 Å². The molecule has 18 nitrogen and oxygen atoms in total. The Morgan fingerprint density at radius 2 is 1.32 bits per heavy atom. The number of unbranched alkanes of at least 4 members (excludes halogenated alkanes) is 17. The molecule has 374 valence electrons. The minimum atomic E-state index is -5.42. The molecule has 20 heteroatoms. The summed E-state index contributed by atoms with van der Waals surface area (Å²) in [6.07, 6.45) is 24.3. The maximum atomic E-state index is 12.8. The van der Waals surface area contributed by atoms with Gasteiger partial charge in [0.15, 0.2) is 12.3 Å². The third-order valence-electron chi connectivity index (χ3n) is 10.7. The lowest BCUT2D eigenvalue weighted by Crippen LogP contribution is -2.36. The summed E-state index contributed by atoms with van der Waals surface area (Å²) < 4.78 is 56.6. The van der Waals surface area contributed by atoms with Gasteiger partial charge in [0.05, 0.1) is 13.2 Å². The zero-order chi connectivity index (χ0) is 47.9. The van der Waals surface area contributed by atoms with Gasteiger partial charge < -0.3 is 39.9 Å². The molecule has 1 aromatic heterocycles. The summed E-state index contributed by atoms with van der Waals surface area (Å²) in [7, 11) is -10.8. The van der Waals surface area contributed by atoms with Crippen LogP contribution in [0.3, 0.4) is 0 Å². The average molecular weight is 964 g/mol. The number of anilines is 1. The van der Waals surface area contributed by atoms with Crippen molar-refractivity contribution in [3.8, 4) is 0 Å². The quantitative estimate of drug-likeness (QED) is 0.0179. The topological polar surface area (TPSA) is 265 Å². The second-order valence-corrected chi connectivity index (χ2v) is 20.2. The number of esters is 2. The zero-order valence-corrected chi connectivity index (χ0v) is 40.7. The van der Waals surface area contributed by atoms with Crippen LogP contribution in [0.25, 0.3) is 0 Å². The molecule has 1 aliphatic heterocycles. The van der Waals surface area contributed by atoms with Crippen LogP contribution in [0.5, 0.6) is 0 Å². The Morgan fingerprint density at radius 3 is 1.91 bits per heavy atom. The van der Waals surface area contributed by atoms with Crippen LogP contribution >= 0.6 is 15.6 Å². The minimum Gasteiger partial charge on any atom is -0.462 e. The van der Waals surface area contributed by atoms with Crippen molar-refractivity contribution in [2.75, 3.05) is 25.6 Å². The van der Waals surface area contributed by atoms with Crippen LogP contribution in [0.4, 0.5) is 5.82 Å². The van der Waals surface area contributed by atoms with Gasteiger partial charge in [-0.15, -0.1) is 0 Å². The summed E-state index contributed by atoms with van der Waals surface area (Å²) >= 11 is 0. The first-order valence-corrected chi connectivity index (χ1v) is 26.7. The van der Waals surface area contributed by atoms with Crippen LogP contribution in [0.15, 0.2) is 41.4 Å². The molecule has 1 saturated heterocycles. The summed E-state index contributed by atoms with van der Waals surface area (Å²) in [5.74, 6) is -0.573. The molecule has 0 radical (unpaired) electrons. The molecule has 2 rings (SSSR count). The lowest BCUT2D eigenvalue weighted by Gasteiger charge is -2.21. The number of hydrogen-bond acceptors (Lipinski definition) is 15. The van der Waals surface area contributed by atoms with E-state index in [9.17, 15) is 43.5 Å². The number of carbonyl (C=O) groups is 2. The van der Waals surface area contributed by atoms with E-state index in [1.807, 2.05) is 0 Å². The molecule has 6 N–H and O–H groups in total. The number of hydrogen-bond donors (Lipinski definition) is 5. The number of nitrogens with two attached hydrogens (primary N) is 1. The van der Waals surface area contributed by atoms with E-state index >= 15 is 0 Å². The van der Waals surface area contributed by atoms with Crippen LogP contribution in [-0.2, 0) is 46.3 Å². The normalized spacial score (nSPS) is 20.1. The van der Waals surface area contributed by atoms with E-state index in [0.29, 0.717) is 12.8 Å². The van der Waals surface area contributed by atoms with Gasteiger partial charge in [-0.1, -0.05) is 141 Å². The van der Waals surface area contributed by atoms with E-state index in [2.05, 4.69) is 54.4 Å². The van der Waals surface area contributed by atoms with E-state index in [-0.39, 0.29) is 18.7 Å². The molecule has 0 aliphatic carbocycles. The Balaban J connectivity index is 1.83. The number of nitrogens with zero attached hydrogens (tertiary/aromatic N) is 2. The Labute approximate surface area is 385 Å². The molecule has 2 heterocycles. The lowest BCUT2D eigenvalue weighted by atomic mass is 10.0. The molecule has 65 heavy (non-hydrogen) atoms. The molecule has 7 atom stereocenters. The molecule has 0 bridgehead atoms. The van der Waals surface area contributed by atoms with Crippen LogP contribution < -0.4 is 11.4 Å². The first kappa shape index (κ1) is 58.4. The third kappa shape index (κ3) is 27.6. The number of aliphatic hydroxyl groups is 2. The number of phosphoric acid groups is 2. The molecule has 0 saturated carbocycles. The lowest BCUT2D eigenvalue weighted by molar-refractivity contribution is -0.161. The van der Waals surface area contributed by atoms with Gasteiger partial charge in [-0.05, 0) is 50.5 Å². The van der Waals surface area contributed by atoms with Gasteiger partial charge in [0.25, 0.3) is 0 Å². The Morgan fingerprint density at radius 1 is 0.785 bits per heavy atom. The Hall–Kier alpha value is -2.76. The molecular weight excluding hydrogens is 884 g/mol. The minimum absolute atomic E-state index is 0.0342. The SMILES string of the molecule is CCCCCC/C=C\C=C/CCCCCCCC(=O)O[C@H](COC(=O)CCCCCCCCCCCC(C)C)COP(=O)(O)OP(=O)(O)OC[C@H]1O[C@@H](n2ccc(N)nc2=O)C(O)[C@H]1O. The first-order chi connectivity index (χ1) is 31.0. The summed E-state index contributed by atoms with van der Waals surface area (Å²) in [4.78, 5) is 61.7. The fourth-order valence-corrected chi connectivity index (χ4v) is 9.13. The molecule has 1 fully saturated rings. The van der Waals surface area contributed by atoms with E-state index in [1.54, 1.807) is 0 Å². The van der Waals surface area contributed by atoms with Crippen molar-refractivity contribution < 1.29 is 66.3 Å². The zero-order valence-electron chi connectivity index (χ0n) is 39.0. The van der Waals surface area contributed by atoms with Crippen LogP contribution in [0.1, 0.15) is 175 Å². The fourth-order valence-electron chi connectivity index (χ4n) is 7.02. The summed E-state index contributed by atoms with van der Waals surface area (Å²) in [6, 6.07) is 1.25. The van der Waals surface area contributed by atoms with Gasteiger partial charge in [-0.2, -0.15) is 9.29 Å². The highest BCUT2D eigenvalue weighted by Crippen LogP contribution is 2.60. The summed E-state index contributed by atoms with van der Waals surface area (Å²) in [5, 5.41) is 20.9. The van der Waals surface area contributed by atoms with Crippen molar-refractivity contribution >= 4 is 33.4 Å². The van der Waals surface area contributed by atoms with Crippen LogP contribution in [0, 0.1) is 5.92 Å². The van der Waals surface area contributed by atoms with Gasteiger partial charge in [0.2, 0.25) is 0 Å². The highest BCUT2D eigenvalue weighted by molar-refractivity contribution is 7.61. The standard InChI is InChI=1S/C45H79N3O15P2/c1-4-5-6-7-8-9-10-11-12-13-14-17-21-24-27-30-41(50)61-37(33-58-40(49)29-26-23-20-18-15-16-19-22-25-28-36(2)3)34-59-64(54,55)63-65(56,57)60-35-38-42(51)43(52)44(62-38)48-32-31-39(46)47-45(48)53/h9-12,31-32,36-38,42-44,51-52H,4-8,13-30,33-35H2,1-3H3,(H,54,55)(H,56,57)(H2,46,47,53)/b10-9-,12-11-/t37-,38-,42+,43?,44-/m1/s1. The number of phosphoric ester groups is 2. The molecule has 0 spiro atoms. The van der Waals surface area contributed by atoms with Crippen molar-refractivity contribution in [3.63, 3.8) is 0 Å². The molecule has 3 unspecified atom stereocenters. The van der Waals surface area contributed by atoms with Gasteiger partial charge in [-0.3, -0.25) is 23.2 Å². The maximum Gasteiger partial charge on any atom is 0.481 e. The number of allylic oxidation sites excluding steroid dienone is 4. The highest BCUT2D eigenvalue weighted by Gasteiger charge is 2.46. The second-order valence-electron chi connectivity index (χ2n) is 17.1. The third-order valence-corrected chi connectivity index (χ3v) is 13.3. The Kier molecular flexibility index (Phi) is 30.2. The number of aromatic nitrogens is 2. The van der Waals surface area contributed by atoms with E-state index in [0.717, 1.165) is 80.9 Å². The number of ether oxygens (including phenoxy) is 3. The molecule has 1 aliphatic rings. The van der Waals surface area contributed by atoms with Crippen molar-refractivity contribution in [2.24, 2.45) is 5.92 Å². The predicted octanol–water partition coefficient (Wildman–Crippen LogP) is 8.91. The monoisotopic (exact) mass is 963 g/mol. The van der Waals surface area contributed by atoms with E-state index < -0.39 is 83.7 Å². The van der Waals surface area contributed by atoms with Crippen molar-refractivity contribution in [1.29, 1.82) is 0 Å². The maximum absolute atomic E-state index is 12.8. The molecule has 0 aromatic carbocycles. The number of aliphatic hydroxyl groups excluding tert-OH is 2. The number of nitrogen functional groups attached to an aromatic ring is 1. The van der Waals surface area contributed by atoms with Crippen LogP contribution in [0.2, 0.25) is 0 Å². The second kappa shape index (κ2) is 33.7. The van der Waals surface area contributed by atoms with Crippen LogP contribution in [-0.4, -0.2) is 85.7 Å². The molecule has 0 amide bonds. The predicted molar refractivity (Wildman–Crippen MR) is 247 cm³/mol. The number of rotatable bonds is 38. The van der Waals surface area contributed by atoms with Gasteiger partial charge in [0, 0.05) is 19.0 Å². The highest BCUT2D eigenvalue weighted by atomic mass is 31.3. The van der Waals surface area contributed by atoms with Crippen molar-refractivity contribution in [2.45, 2.75) is 199 Å². The van der Waals surface area contributed by atoms with Gasteiger partial charge >= 0.3 is 33.3 Å². The fraction of sp³-hybridized carbons (Fsp3) is 0.778. The summed E-state index contributed by atoms with van der Waals surface area (Å²) in [5.41, 5.74) is 4.58. The molecular formula is C45H79N3O15P2. The largest absolute Gasteiger partial charge is 0.481 e. The van der Waals surface area contributed by atoms with E-state index in [1.165, 1.54) is 63.9 Å². The van der Waals surface area contributed by atoms with Crippen molar-refractivity contribution in [3.05, 3.63) is 47.1 Å². The number of carbonyl (C=O) groups excluding carboxylic acids is 2. The summed E-state index contributed by atoms with van der Waals surface area (Å²) in [6.45, 7) is 4.38. The van der Waals surface area contributed by atoms with Gasteiger partial charge in [-0.25, -0.2) is 13.9 Å². The first-order valence-electron chi connectivity index (χ1n) is 23.7. The smallest absolute Gasteiger partial charge is 0.462 e. The van der Waals surface area contributed by atoms with Crippen molar-refractivity contribution in [1.82, 2.24) is 9.55 Å².